The molecule has 1 aliphatic rings. The van der Waals surface area contributed by atoms with Crippen molar-refractivity contribution in [3.8, 4) is 0 Å². The largest absolute Gasteiger partial charge is 0.342 e. The first kappa shape index (κ1) is 14.5. The van der Waals surface area contributed by atoms with Gasteiger partial charge in [-0.2, -0.15) is 0 Å². The Hall–Kier alpha value is -0.570. The van der Waals surface area contributed by atoms with Crippen molar-refractivity contribution < 1.29 is 4.79 Å². The summed E-state index contributed by atoms with van der Waals surface area (Å²) in [6.07, 6.45) is 1.79. The highest BCUT2D eigenvalue weighted by Gasteiger charge is 2.36. The van der Waals surface area contributed by atoms with Crippen molar-refractivity contribution in [3.63, 3.8) is 0 Å². The van der Waals surface area contributed by atoms with Gasteiger partial charge < -0.3 is 10.2 Å². The van der Waals surface area contributed by atoms with Gasteiger partial charge in [-0.3, -0.25) is 4.79 Å². The number of rotatable bonds is 5. The molecule has 1 aliphatic heterocycles. The van der Waals surface area contributed by atoms with Crippen molar-refractivity contribution in [1.82, 2.24) is 10.2 Å². The Balaban J connectivity index is 2.29. The summed E-state index contributed by atoms with van der Waals surface area (Å²) in [5.41, 5.74) is 0.251. The molecule has 1 heterocycles. The molecule has 100 valence electrons. The predicted molar refractivity (Wildman–Crippen MR) is 71.9 cm³/mol. The third kappa shape index (κ3) is 4.66. The summed E-state index contributed by atoms with van der Waals surface area (Å²) in [5, 5.41) is 3.39. The molecule has 0 saturated carbocycles. The second kappa shape index (κ2) is 5.85. The minimum absolute atomic E-state index is 0.251. The lowest BCUT2D eigenvalue weighted by Gasteiger charge is -2.26. The molecule has 1 N–H and O–H groups in total. The number of likely N-dealkylation sites (tertiary alicyclic amines) is 1. The number of nitrogens with one attached hydrogen (secondary N) is 1. The number of amides is 1. The number of nitrogens with zero attached hydrogens (tertiary/aromatic N) is 1. The molecule has 1 atom stereocenters. The van der Waals surface area contributed by atoms with Crippen LogP contribution in [0.1, 0.15) is 47.5 Å². The zero-order valence-electron chi connectivity index (χ0n) is 12.0. The van der Waals surface area contributed by atoms with Crippen LogP contribution in [0, 0.1) is 11.3 Å². The highest BCUT2D eigenvalue weighted by atomic mass is 16.2. The molecule has 1 unspecified atom stereocenters. The van der Waals surface area contributed by atoms with Crippen molar-refractivity contribution in [2.75, 3.05) is 19.6 Å². The molecule has 1 rings (SSSR count). The van der Waals surface area contributed by atoms with Crippen LogP contribution >= 0.6 is 0 Å². The Bertz CT molecular complexity index is 255. The average Bonchev–Trinajstić information content (AvgIpc) is 2.54. The predicted octanol–water partition coefficient (Wildman–Crippen LogP) is 2.27. The van der Waals surface area contributed by atoms with Crippen molar-refractivity contribution in [3.05, 3.63) is 0 Å². The molecule has 1 saturated heterocycles. The van der Waals surface area contributed by atoms with Gasteiger partial charge in [0.2, 0.25) is 5.91 Å². The molecule has 3 nitrogen and oxygen atoms in total. The second-order valence-corrected chi connectivity index (χ2v) is 6.57. The van der Waals surface area contributed by atoms with E-state index in [0.717, 1.165) is 32.5 Å². The minimum atomic E-state index is 0.251. The van der Waals surface area contributed by atoms with E-state index in [9.17, 15) is 4.79 Å². The third-order valence-corrected chi connectivity index (χ3v) is 3.60. The molecule has 0 aliphatic carbocycles. The minimum Gasteiger partial charge on any atom is -0.342 e. The normalized spacial score (nSPS) is 21.6. The van der Waals surface area contributed by atoms with Gasteiger partial charge in [-0.1, -0.05) is 34.6 Å². The molecule has 1 amide bonds. The van der Waals surface area contributed by atoms with Crippen molar-refractivity contribution >= 4 is 5.91 Å². The lowest BCUT2D eigenvalue weighted by atomic mass is 9.80. The zero-order valence-corrected chi connectivity index (χ0v) is 12.0. The maximum atomic E-state index is 11.9. The smallest absolute Gasteiger partial charge is 0.222 e. The molecule has 1 fully saturated rings. The van der Waals surface area contributed by atoms with Crippen LogP contribution in [0.4, 0.5) is 0 Å². The van der Waals surface area contributed by atoms with E-state index in [0.29, 0.717) is 17.9 Å². The highest BCUT2D eigenvalue weighted by molar-refractivity contribution is 5.78. The van der Waals surface area contributed by atoms with Crippen LogP contribution in [0.3, 0.4) is 0 Å². The van der Waals surface area contributed by atoms with Gasteiger partial charge >= 0.3 is 0 Å². The van der Waals surface area contributed by atoms with Gasteiger partial charge in [0.15, 0.2) is 0 Å². The Morgan fingerprint density at radius 3 is 2.53 bits per heavy atom. The summed E-state index contributed by atoms with van der Waals surface area (Å²) < 4.78 is 0. The molecule has 3 heteroatoms. The number of hydrogen-bond acceptors (Lipinski definition) is 2. The van der Waals surface area contributed by atoms with Gasteiger partial charge in [-0.05, 0) is 24.3 Å². The van der Waals surface area contributed by atoms with E-state index in [1.807, 2.05) is 4.90 Å². The third-order valence-electron chi connectivity index (χ3n) is 3.60. The van der Waals surface area contributed by atoms with Gasteiger partial charge in [0.05, 0.1) is 0 Å². The molecular weight excluding hydrogens is 212 g/mol. The Kier molecular flexibility index (Phi) is 4.99. The molecular formula is C14H28N2O. The van der Waals surface area contributed by atoms with Crippen molar-refractivity contribution in [1.29, 1.82) is 0 Å². The molecule has 0 aromatic carbocycles. The van der Waals surface area contributed by atoms with Gasteiger partial charge in [0.25, 0.3) is 0 Å². The first-order valence-electron chi connectivity index (χ1n) is 6.82. The van der Waals surface area contributed by atoms with E-state index in [4.69, 9.17) is 0 Å². The van der Waals surface area contributed by atoms with Gasteiger partial charge in [0.1, 0.15) is 0 Å². The summed E-state index contributed by atoms with van der Waals surface area (Å²) in [6, 6.07) is 0.534. The average molecular weight is 240 g/mol. The fourth-order valence-electron chi connectivity index (χ4n) is 2.23. The summed E-state index contributed by atoms with van der Waals surface area (Å²) in [6.45, 7) is 13.8. The van der Waals surface area contributed by atoms with E-state index in [-0.39, 0.29) is 5.41 Å². The van der Waals surface area contributed by atoms with Crippen LogP contribution in [0.5, 0.6) is 0 Å². The SMILES string of the molecule is CC(C)NCCCN1CC(C(C)(C)C)CC1=O. The molecule has 0 aromatic rings. The van der Waals surface area contributed by atoms with Crippen LogP contribution in [-0.2, 0) is 4.79 Å². The zero-order chi connectivity index (χ0) is 13.1. The fourth-order valence-corrected chi connectivity index (χ4v) is 2.23. The highest BCUT2D eigenvalue weighted by Crippen LogP contribution is 2.34. The van der Waals surface area contributed by atoms with E-state index >= 15 is 0 Å². The van der Waals surface area contributed by atoms with Crippen LogP contribution in [0.25, 0.3) is 0 Å². The van der Waals surface area contributed by atoms with E-state index in [1.54, 1.807) is 0 Å². The van der Waals surface area contributed by atoms with Crippen molar-refractivity contribution in [2.24, 2.45) is 11.3 Å². The van der Waals surface area contributed by atoms with Gasteiger partial charge in [0, 0.05) is 25.6 Å². The van der Waals surface area contributed by atoms with Crippen LogP contribution < -0.4 is 5.32 Å². The summed E-state index contributed by atoms with van der Waals surface area (Å²) in [7, 11) is 0. The summed E-state index contributed by atoms with van der Waals surface area (Å²) in [4.78, 5) is 13.9. The first-order chi connectivity index (χ1) is 7.80. The van der Waals surface area contributed by atoms with Crippen LogP contribution in [0.2, 0.25) is 0 Å². The Morgan fingerprint density at radius 1 is 1.41 bits per heavy atom. The maximum absolute atomic E-state index is 11.9. The van der Waals surface area contributed by atoms with Gasteiger partial charge in [-0.15, -0.1) is 0 Å². The topological polar surface area (TPSA) is 32.3 Å². The lowest BCUT2D eigenvalue weighted by molar-refractivity contribution is -0.127. The Labute approximate surface area is 106 Å². The van der Waals surface area contributed by atoms with E-state index in [2.05, 4.69) is 39.9 Å². The number of carbonyl (C=O) groups excluding carboxylic acids is 1. The second-order valence-electron chi connectivity index (χ2n) is 6.57. The molecule has 0 aromatic heterocycles. The molecule has 0 bridgehead atoms. The maximum Gasteiger partial charge on any atom is 0.222 e. The summed E-state index contributed by atoms with van der Waals surface area (Å²) in [5.74, 6) is 0.863. The van der Waals surface area contributed by atoms with Gasteiger partial charge in [-0.25, -0.2) is 0 Å². The molecule has 17 heavy (non-hydrogen) atoms. The number of hydrogen-bond donors (Lipinski definition) is 1. The lowest BCUT2D eigenvalue weighted by Crippen LogP contribution is -2.31. The first-order valence-corrected chi connectivity index (χ1v) is 6.82. The molecule has 0 radical (unpaired) electrons. The van der Waals surface area contributed by atoms with Crippen LogP contribution in [0.15, 0.2) is 0 Å². The number of carbonyl (C=O) groups is 1. The molecule has 0 spiro atoms. The standard InChI is InChI=1S/C14H28N2O/c1-11(2)15-7-6-8-16-10-12(9-13(16)17)14(3,4)5/h11-12,15H,6-10H2,1-5H3. The summed E-state index contributed by atoms with van der Waals surface area (Å²) >= 11 is 0. The quantitative estimate of drug-likeness (QED) is 0.748. The van der Waals surface area contributed by atoms with E-state index in [1.165, 1.54) is 0 Å². The fraction of sp³-hybridized carbons (Fsp3) is 0.929. The van der Waals surface area contributed by atoms with E-state index < -0.39 is 0 Å². The van der Waals surface area contributed by atoms with Crippen LogP contribution in [-0.4, -0.2) is 36.5 Å². The van der Waals surface area contributed by atoms with Crippen molar-refractivity contribution in [2.45, 2.75) is 53.5 Å². The monoisotopic (exact) mass is 240 g/mol. The Morgan fingerprint density at radius 2 is 2.06 bits per heavy atom.